The van der Waals surface area contributed by atoms with Crippen molar-refractivity contribution in [1.82, 2.24) is 9.88 Å². The van der Waals surface area contributed by atoms with E-state index in [0.29, 0.717) is 12.5 Å². The molecule has 1 heterocycles. The Bertz CT molecular complexity index is 450. The van der Waals surface area contributed by atoms with Gasteiger partial charge in [0.15, 0.2) is 0 Å². The van der Waals surface area contributed by atoms with Gasteiger partial charge in [-0.1, -0.05) is 20.8 Å². The average molecular weight is 278 g/mol. The number of likely N-dealkylation sites (N-methyl/N-ethyl adjacent to an activating group) is 1. The van der Waals surface area contributed by atoms with Gasteiger partial charge in [-0.3, -0.25) is 0 Å². The molecule has 1 saturated carbocycles. The molecule has 1 aromatic rings. The molecule has 4 nitrogen and oxygen atoms in total. The number of nitrogens with zero attached hydrogens (tertiary/aromatic N) is 2. The summed E-state index contributed by atoms with van der Waals surface area (Å²) >= 11 is 0. The van der Waals surface area contributed by atoms with E-state index in [1.165, 1.54) is 12.8 Å². The molecule has 4 heteroatoms. The van der Waals surface area contributed by atoms with Crippen molar-refractivity contribution in [3.63, 3.8) is 0 Å². The fraction of sp³-hybridized carbons (Fsp3) is 0.688. The fourth-order valence-corrected chi connectivity index (χ4v) is 2.10. The summed E-state index contributed by atoms with van der Waals surface area (Å²) in [6.07, 6.45) is 2.62. The number of aromatic nitrogens is 1. The number of aliphatic hydroxyl groups is 1. The summed E-state index contributed by atoms with van der Waals surface area (Å²) in [7, 11) is 2.14. The van der Waals surface area contributed by atoms with E-state index < -0.39 is 0 Å². The van der Waals surface area contributed by atoms with Gasteiger partial charge in [-0.25, -0.2) is 4.98 Å². The third kappa shape index (κ3) is 4.18. The van der Waals surface area contributed by atoms with Crippen molar-refractivity contribution < 1.29 is 9.84 Å². The van der Waals surface area contributed by atoms with Gasteiger partial charge >= 0.3 is 0 Å². The average Bonchev–Trinajstić information content (AvgIpc) is 3.21. The van der Waals surface area contributed by atoms with Crippen LogP contribution in [0.1, 0.15) is 44.9 Å². The molecular weight excluding hydrogens is 252 g/mol. The number of aliphatic hydroxyl groups excluding tert-OH is 1. The topological polar surface area (TPSA) is 45.6 Å². The summed E-state index contributed by atoms with van der Waals surface area (Å²) in [6, 6.07) is 4.52. The maximum atomic E-state index is 9.36. The zero-order valence-corrected chi connectivity index (χ0v) is 13.0. The van der Waals surface area contributed by atoms with Crippen molar-refractivity contribution in [2.45, 2.75) is 51.7 Å². The first-order valence-electron chi connectivity index (χ1n) is 7.35. The number of hydrogen-bond donors (Lipinski definition) is 1. The van der Waals surface area contributed by atoms with Gasteiger partial charge in [0.25, 0.3) is 0 Å². The second-order valence-corrected chi connectivity index (χ2v) is 6.67. The Hall–Kier alpha value is -1.13. The Labute approximate surface area is 121 Å². The van der Waals surface area contributed by atoms with Crippen LogP contribution in [-0.2, 0) is 12.0 Å². The Kier molecular flexibility index (Phi) is 4.66. The lowest BCUT2D eigenvalue weighted by Gasteiger charge is -2.20. The molecule has 0 bridgehead atoms. The smallest absolute Gasteiger partial charge is 0.213 e. The van der Waals surface area contributed by atoms with Crippen LogP contribution in [0.3, 0.4) is 0 Å². The van der Waals surface area contributed by atoms with Crippen LogP contribution in [0.2, 0.25) is 0 Å². The predicted octanol–water partition coefficient (Wildman–Crippen LogP) is 2.34. The van der Waals surface area contributed by atoms with Crippen LogP contribution in [0.5, 0.6) is 5.88 Å². The van der Waals surface area contributed by atoms with Crippen LogP contribution in [0.4, 0.5) is 0 Å². The first-order chi connectivity index (χ1) is 9.40. The van der Waals surface area contributed by atoms with Gasteiger partial charge in [0.1, 0.15) is 6.61 Å². The minimum Gasteiger partial charge on any atom is -0.476 e. The molecule has 0 aromatic carbocycles. The molecular formula is C16H26N2O2. The second-order valence-electron chi connectivity index (χ2n) is 6.67. The quantitative estimate of drug-likeness (QED) is 0.867. The largest absolute Gasteiger partial charge is 0.476 e. The van der Waals surface area contributed by atoms with Crippen molar-refractivity contribution in [3.8, 4) is 5.88 Å². The zero-order chi connectivity index (χ0) is 14.8. The molecule has 112 valence electrons. The molecule has 20 heavy (non-hydrogen) atoms. The Balaban J connectivity index is 1.98. The molecule has 0 saturated heterocycles. The number of rotatable bonds is 6. The standard InChI is InChI=1S/C16H26N2O2/c1-16(2,3)14-9-12(11-19)10-15(17-14)20-8-7-18(4)13-5-6-13/h9-10,13,19H,5-8,11H2,1-4H3. The zero-order valence-electron chi connectivity index (χ0n) is 13.0. The maximum absolute atomic E-state index is 9.36. The minimum atomic E-state index is -0.0475. The summed E-state index contributed by atoms with van der Waals surface area (Å²) in [5.41, 5.74) is 1.76. The first-order valence-corrected chi connectivity index (χ1v) is 7.35. The highest BCUT2D eigenvalue weighted by atomic mass is 16.5. The molecule has 0 aliphatic heterocycles. The number of ether oxygens (including phenoxy) is 1. The summed E-state index contributed by atoms with van der Waals surface area (Å²) in [5, 5.41) is 9.36. The van der Waals surface area contributed by atoms with Gasteiger partial charge in [0.05, 0.1) is 12.3 Å². The monoisotopic (exact) mass is 278 g/mol. The molecule has 1 aromatic heterocycles. The van der Waals surface area contributed by atoms with Gasteiger partial charge in [-0.15, -0.1) is 0 Å². The highest BCUT2D eigenvalue weighted by molar-refractivity contribution is 5.28. The molecule has 0 radical (unpaired) electrons. The number of hydrogen-bond acceptors (Lipinski definition) is 4. The van der Waals surface area contributed by atoms with Crippen LogP contribution >= 0.6 is 0 Å². The summed E-state index contributed by atoms with van der Waals surface area (Å²) in [4.78, 5) is 6.89. The highest BCUT2D eigenvalue weighted by Gasteiger charge is 2.25. The van der Waals surface area contributed by atoms with Crippen molar-refractivity contribution in [1.29, 1.82) is 0 Å². The highest BCUT2D eigenvalue weighted by Crippen LogP contribution is 2.26. The van der Waals surface area contributed by atoms with Crippen LogP contribution in [0, 0.1) is 0 Å². The van der Waals surface area contributed by atoms with Crippen molar-refractivity contribution in [3.05, 3.63) is 23.4 Å². The summed E-state index contributed by atoms with van der Waals surface area (Å²) in [6.45, 7) is 7.91. The molecule has 0 amide bonds. The Morgan fingerprint density at radius 3 is 2.60 bits per heavy atom. The molecule has 1 aliphatic rings. The molecule has 1 fully saturated rings. The van der Waals surface area contributed by atoms with E-state index >= 15 is 0 Å². The molecule has 0 spiro atoms. The molecule has 1 N–H and O–H groups in total. The normalized spacial score (nSPS) is 15.7. The summed E-state index contributed by atoms with van der Waals surface area (Å²) < 4.78 is 5.77. The fourth-order valence-electron chi connectivity index (χ4n) is 2.10. The van der Waals surface area contributed by atoms with Crippen LogP contribution in [0.15, 0.2) is 12.1 Å². The minimum absolute atomic E-state index is 0.0178. The lowest BCUT2D eigenvalue weighted by atomic mass is 9.91. The van der Waals surface area contributed by atoms with Crippen molar-refractivity contribution >= 4 is 0 Å². The first kappa shape index (κ1) is 15.3. The predicted molar refractivity (Wildman–Crippen MR) is 80.0 cm³/mol. The molecule has 1 aliphatic carbocycles. The van der Waals surface area contributed by atoms with E-state index in [4.69, 9.17) is 4.74 Å². The molecule has 0 unspecified atom stereocenters. The van der Waals surface area contributed by atoms with Gasteiger partial charge in [-0.05, 0) is 31.5 Å². The SMILES string of the molecule is CN(CCOc1cc(CO)cc(C(C)(C)C)n1)C1CC1. The van der Waals surface area contributed by atoms with Gasteiger partial charge in [-0.2, -0.15) is 0 Å². The van der Waals surface area contributed by atoms with E-state index in [1.807, 2.05) is 12.1 Å². The van der Waals surface area contributed by atoms with Crippen LogP contribution in [-0.4, -0.2) is 41.2 Å². The van der Waals surface area contributed by atoms with Gasteiger partial charge in [0.2, 0.25) is 5.88 Å². The van der Waals surface area contributed by atoms with E-state index in [9.17, 15) is 5.11 Å². The lowest BCUT2D eigenvalue weighted by molar-refractivity contribution is 0.224. The lowest BCUT2D eigenvalue weighted by Crippen LogP contribution is -2.26. The van der Waals surface area contributed by atoms with Crippen LogP contribution in [0.25, 0.3) is 0 Å². The van der Waals surface area contributed by atoms with Gasteiger partial charge < -0.3 is 14.7 Å². The van der Waals surface area contributed by atoms with Crippen molar-refractivity contribution in [2.75, 3.05) is 20.2 Å². The molecule has 2 rings (SSSR count). The van der Waals surface area contributed by atoms with E-state index in [0.717, 1.165) is 23.8 Å². The Morgan fingerprint density at radius 2 is 2.05 bits per heavy atom. The van der Waals surface area contributed by atoms with E-state index in [-0.39, 0.29) is 12.0 Å². The summed E-state index contributed by atoms with van der Waals surface area (Å²) in [5.74, 6) is 0.616. The third-order valence-electron chi connectivity index (χ3n) is 3.68. The number of pyridine rings is 1. The van der Waals surface area contributed by atoms with E-state index in [2.05, 4.69) is 37.7 Å². The van der Waals surface area contributed by atoms with Gasteiger partial charge in [0, 0.05) is 24.1 Å². The van der Waals surface area contributed by atoms with Crippen molar-refractivity contribution in [2.24, 2.45) is 0 Å². The Morgan fingerprint density at radius 1 is 1.35 bits per heavy atom. The molecule has 0 atom stereocenters. The maximum Gasteiger partial charge on any atom is 0.213 e. The van der Waals surface area contributed by atoms with Crippen LogP contribution < -0.4 is 4.74 Å². The third-order valence-corrected chi connectivity index (χ3v) is 3.68. The van der Waals surface area contributed by atoms with E-state index in [1.54, 1.807) is 0 Å². The second kappa shape index (κ2) is 6.10.